The molecule has 0 fully saturated rings. The van der Waals surface area contributed by atoms with E-state index in [0.717, 1.165) is 34.5 Å². The number of aliphatic carboxylic acids is 1. The molecule has 0 bridgehead atoms. The van der Waals surface area contributed by atoms with E-state index in [-0.39, 0.29) is 13.2 Å². The van der Waals surface area contributed by atoms with Gasteiger partial charge in [-0.25, -0.2) is 0 Å². The molecule has 0 radical (unpaired) electrons. The van der Waals surface area contributed by atoms with E-state index in [1.807, 2.05) is 19.2 Å². The predicted octanol–water partition coefficient (Wildman–Crippen LogP) is 2.62. The highest BCUT2D eigenvalue weighted by Gasteiger charge is 2.19. The molecular formula is C15H17NO4. The van der Waals surface area contributed by atoms with Crippen LogP contribution in [0.15, 0.2) is 12.1 Å². The average molecular weight is 275 g/mol. The maximum Gasteiger partial charge on any atom is 0.303 e. The number of aryl methyl sites for hydroxylation is 2. The molecule has 5 heteroatoms. The lowest BCUT2D eigenvalue weighted by Crippen LogP contribution is -1.97. The minimum Gasteiger partial charge on any atom is -0.481 e. The van der Waals surface area contributed by atoms with E-state index in [1.54, 1.807) is 0 Å². The van der Waals surface area contributed by atoms with Crippen LogP contribution in [0.5, 0.6) is 11.5 Å². The van der Waals surface area contributed by atoms with Gasteiger partial charge < -0.3 is 19.1 Å². The molecular weight excluding hydrogens is 258 g/mol. The third-order valence-electron chi connectivity index (χ3n) is 3.93. The van der Waals surface area contributed by atoms with Crippen LogP contribution in [0.1, 0.15) is 24.1 Å². The maximum atomic E-state index is 10.7. The zero-order valence-corrected chi connectivity index (χ0v) is 11.6. The van der Waals surface area contributed by atoms with Crippen molar-refractivity contribution in [3.63, 3.8) is 0 Å². The topological polar surface area (TPSA) is 60.7 Å². The summed E-state index contributed by atoms with van der Waals surface area (Å²) in [5, 5.41) is 9.89. The molecule has 0 saturated carbocycles. The number of hydrogen-bond donors (Lipinski definition) is 1. The third kappa shape index (κ3) is 1.99. The summed E-state index contributed by atoms with van der Waals surface area (Å²) >= 11 is 0. The van der Waals surface area contributed by atoms with E-state index in [4.69, 9.17) is 14.6 Å². The number of carboxylic acid groups (broad SMARTS) is 1. The van der Waals surface area contributed by atoms with Gasteiger partial charge in [-0.2, -0.15) is 0 Å². The Hall–Kier alpha value is -2.17. The molecule has 1 aliphatic heterocycles. The van der Waals surface area contributed by atoms with Gasteiger partial charge in [0.05, 0.1) is 5.52 Å². The second-order valence-corrected chi connectivity index (χ2v) is 5.09. The van der Waals surface area contributed by atoms with Crippen molar-refractivity contribution in [2.75, 3.05) is 6.79 Å². The smallest absolute Gasteiger partial charge is 0.303 e. The van der Waals surface area contributed by atoms with Crippen molar-refractivity contribution in [3.05, 3.63) is 23.4 Å². The van der Waals surface area contributed by atoms with Gasteiger partial charge in [0, 0.05) is 30.6 Å². The molecule has 2 heterocycles. The van der Waals surface area contributed by atoms with Crippen molar-refractivity contribution >= 4 is 16.9 Å². The van der Waals surface area contributed by atoms with Gasteiger partial charge in [0.15, 0.2) is 11.5 Å². The van der Waals surface area contributed by atoms with E-state index in [9.17, 15) is 4.79 Å². The second kappa shape index (κ2) is 4.74. The van der Waals surface area contributed by atoms with Crippen molar-refractivity contribution in [1.29, 1.82) is 0 Å². The lowest BCUT2D eigenvalue weighted by Gasteiger charge is -2.01. The Kier molecular flexibility index (Phi) is 3.04. The molecule has 3 rings (SSSR count). The number of hydrogen-bond acceptors (Lipinski definition) is 3. The first-order valence-corrected chi connectivity index (χ1v) is 6.67. The van der Waals surface area contributed by atoms with Gasteiger partial charge in [-0.3, -0.25) is 4.79 Å². The quantitative estimate of drug-likeness (QED) is 0.931. The van der Waals surface area contributed by atoms with Crippen LogP contribution in [0, 0.1) is 6.92 Å². The molecule has 1 N–H and O–H groups in total. The van der Waals surface area contributed by atoms with Crippen molar-refractivity contribution in [2.45, 2.75) is 26.2 Å². The highest BCUT2D eigenvalue weighted by molar-refractivity contribution is 5.89. The molecule has 1 aromatic carbocycles. The summed E-state index contributed by atoms with van der Waals surface area (Å²) in [4.78, 5) is 10.7. The molecule has 2 aromatic rings. The highest BCUT2D eigenvalue weighted by Crippen LogP contribution is 2.39. The first-order valence-electron chi connectivity index (χ1n) is 6.67. The minimum absolute atomic E-state index is 0.195. The number of nitrogens with zero attached hydrogens (tertiary/aromatic N) is 1. The standard InChI is InChI=1S/C15H17NO4/c1-9-10(4-3-5-15(17)18)11-6-13-14(20-8-19-13)7-12(11)16(9)2/h6-7H,3-5,8H2,1-2H3,(H,17,18). The van der Waals surface area contributed by atoms with Crippen molar-refractivity contribution in [3.8, 4) is 11.5 Å². The first-order chi connectivity index (χ1) is 9.58. The summed E-state index contributed by atoms with van der Waals surface area (Å²) in [7, 11) is 2.01. The Bertz CT molecular complexity index is 687. The Morgan fingerprint density at radius 1 is 1.35 bits per heavy atom. The molecule has 20 heavy (non-hydrogen) atoms. The monoisotopic (exact) mass is 275 g/mol. The molecule has 0 amide bonds. The number of aromatic nitrogens is 1. The van der Waals surface area contributed by atoms with Crippen LogP contribution < -0.4 is 9.47 Å². The lowest BCUT2D eigenvalue weighted by atomic mass is 10.0. The molecule has 1 aliphatic rings. The first kappa shape index (κ1) is 12.8. The molecule has 0 spiro atoms. The number of benzene rings is 1. The zero-order valence-electron chi connectivity index (χ0n) is 11.6. The minimum atomic E-state index is -0.750. The zero-order chi connectivity index (χ0) is 14.3. The van der Waals surface area contributed by atoms with Crippen LogP contribution in [0.2, 0.25) is 0 Å². The highest BCUT2D eigenvalue weighted by atomic mass is 16.7. The van der Waals surface area contributed by atoms with E-state index in [0.29, 0.717) is 6.42 Å². The van der Waals surface area contributed by atoms with Gasteiger partial charge in [-0.15, -0.1) is 0 Å². The van der Waals surface area contributed by atoms with E-state index >= 15 is 0 Å². The third-order valence-corrected chi connectivity index (χ3v) is 3.93. The van der Waals surface area contributed by atoms with Crippen LogP contribution in [0.25, 0.3) is 10.9 Å². The maximum absolute atomic E-state index is 10.7. The van der Waals surface area contributed by atoms with Crippen LogP contribution >= 0.6 is 0 Å². The fraction of sp³-hybridized carbons (Fsp3) is 0.400. The van der Waals surface area contributed by atoms with Crippen LogP contribution in [0.3, 0.4) is 0 Å². The van der Waals surface area contributed by atoms with E-state index in [1.165, 1.54) is 5.56 Å². The number of rotatable bonds is 4. The second-order valence-electron chi connectivity index (χ2n) is 5.09. The molecule has 0 saturated heterocycles. The Morgan fingerprint density at radius 2 is 2.05 bits per heavy atom. The van der Waals surface area contributed by atoms with Crippen molar-refractivity contribution in [2.24, 2.45) is 7.05 Å². The molecule has 0 unspecified atom stereocenters. The van der Waals surface area contributed by atoms with Crippen LogP contribution in [-0.2, 0) is 18.3 Å². The molecule has 5 nitrogen and oxygen atoms in total. The summed E-state index contributed by atoms with van der Waals surface area (Å²) in [6.45, 7) is 2.32. The largest absolute Gasteiger partial charge is 0.481 e. The summed E-state index contributed by atoms with van der Waals surface area (Å²) in [5.74, 6) is 0.790. The van der Waals surface area contributed by atoms with Crippen LogP contribution in [-0.4, -0.2) is 22.4 Å². The van der Waals surface area contributed by atoms with Gasteiger partial charge in [0.25, 0.3) is 0 Å². The van der Waals surface area contributed by atoms with E-state index in [2.05, 4.69) is 11.5 Å². The Labute approximate surface area is 116 Å². The molecule has 1 aromatic heterocycles. The van der Waals surface area contributed by atoms with Crippen molar-refractivity contribution in [1.82, 2.24) is 4.57 Å². The summed E-state index contributed by atoms with van der Waals surface area (Å²) in [6, 6.07) is 3.99. The summed E-state index contributed by atoms with van der Waals surface area (Å²) < 4.78 is 13.0. The number of carboxylic acids is 1. The normalized spacial score (nSPS) is 13.1. The number of ether oxygens (including phenoxy) is 2. The number of carbonyl (C=O) groups is 1. The summed E-state index contributed by atoms with van der Waals surface area (Å²) in [6.07, 6.45) is 1.60. The fourth-order valence-electron chi connectivity index (χ4n) is 2.76. The predicted molar refractivity (Wildman–Crippen MR) is 74.4 cm³/mol. The SMILES string of the molecule is Cc1c(CCCC(=O)O)c2cc3c(cc2n1C)OCO3. The van der Waals surface area contributed by atoms with Crippen molar-refractivity contribution < 1.29 is 19.4 Å². The number of fused-ring (bicyclic) bond motifs is 2. The summed E-state index contributed by atoms with van der Waals surface area (Å²) in [5.41, 5.74) is 3.45. The molecule has 106 valence electrons. The van der Waals surface area contributed by atoms with Gasteiger partial charge in [-0.1, -0.05) is 0 Å². The fourth-order valence-corrected chi connectivity index (χ4v) is 2.76. The van der Waals surface area contributed by atoms with Gasteiger partial charge >= 0.3 is 5.97 Å². The average Bonchev–Trinajstić information content (AvgIpc) is 2.95. The van der Waals surface area contributed by atoms with E-state index < -0.39 is 5.97 Å². The Morgan fingerprint density at radius 3 is 2.75 bits per heavy atom. The molecule has 0 aliphatic carbocycles. The van der Waals surface area contributed by atoms with Gasteiger partial charge in [0.1, 0.15) is 0 Å². The van der Waals surface area contributed by atoms with Crippen LogP contribution in [0.4, 0.5) is 0 Å². The molecule has 0 atom stereocenters. The lowest BCUT2D eigenvalue weighted by molar-refractivity contribution is -0.137. The van der Waals surface area contributed by atoms with Gasteiger partial charge in [-0.05, 0) is 31.4 Å². The Balaban J connectivity index is 2.02. The van der Waals surface area contributed by atoms with Gasteiger partial charge in [0.2, 0.25) is 6.79 Å².